The van der Waals surface area contributed by atoms with Crippen LogP contribution >= 0.6 is 11.3 Å². The Morgan fingerprint density at radius 1 is 0.321 bits per heavy atom. The largest absolute Gasteiger partial charge is 0.246 e. The lowest BCUT2D eigenvalue weighted by Gasteiger charge is -2.12. The molecule has 5 heteroatoms. The Labute approximate surface area is 310 Å². The summed E-state index contributed by atoms with van der Waals surface area (Å²) in [6, 6.07) is 63.3. The van der Waals surface area contributed by atoms with Crippen LogP contribution in [0.5, 0.6) is 0 Å². The summed E-state index contributed by atoms with van der Waals surface area (Å²) in [5.41, 5.74) is 11.8. The topological polar surface area (TPSA) is 51.6 Å². The highest BCUT2D eigenvalue weighted by Gasteiger charge is 2.17. The first-order chi connectivity index (χ1) is 26.2. The molecule has 0 radical (unpaired) electrons. The predicted molar refractivity (Wildman–Crippen MR) is 221 cm³/mol. The van der Waals surface area contributed by atoms with E-state index in [4.69, 9.17) is 19.9 Å². The van der Waals surface area contributed by atoms with Crippen LogP contribution in [0.1, 0.15) is 0 Å². The van der Waals surface area contributed by atoms with Crippen molar-refractivity contribution in [3.63, 3.8) is 0 Å². The molecular formula is C48H30N4S. The zero-order valence-corrected chi connectivity index (χ0v) is 29.3. The smallest absolute Gasteiger partial charge is 0.164 e. The molecule has 0 fully saturated rings. The molecule has 0 N–H and O–H groups in total. The second kappa shape index (κ2) is 13.1. The lowest BCUT2D eigenvalue weighted by molar-refractivity contribution is 1.07. The van der Waals surface area contributed by atoms with E-state index in [1.54, 1.807) is 0 Å². The highest BCUT2D eigenvalue weighted by molar-refractivity contribution is 7.26. The summed E-state index contributed by atoms with van der Waals surface area (Å²) in [5.74, 6) is 1.91. The molecule has 0 atom stereocenters. The van der Waals surface area contributed by atoms with E-state index in [1.807, 2.05) is 47.7 Å². The van der Waals surface area contributed by atoms with Crippen LogP contribution in [0.25, 0.3) is 98.7 Å². The molecule has 7 aromatic carbocycles. The standard InChI is InChI=1S/C48H30N4S/c1-3-13-31(14-4-1)32-25-27-34(28-26-32)47-50-46(33-15-5-2-6-16-33)51-48(52-47)38-20-12-18-36(30-38)35-17-11-19-37(29-35)43-39-21-7-9-23-41(39)49-44-40-22-8-10-24-42(40)53-45(43)44/h1-30H. The van der Waals surface area contributed by atoms with Gasteiger partial charge < -0.3 is 0 Å². The van der Waals surface area contributed by atoms with Crippen LogP contribution < -0.4 is 0 Å². The summed E-state index contributed by atoms with van der Waals surface area (Å²) in [5, 5.41) is 2.35. The number of rotatable bonds is 6. The summed E-state index contributed by atoms with van der Waals surface area (Å²) in [4.78, 5) is 20.2. The molecule has 0 amide bonds. The Morgan fingerprint density at radius 3 is 1.51 bits per heavy atom. The van der Waals surface area contributed by atoms with Crippen molar-refractivity contribution in [3.8, 4) is 67.5 Å². The Kier molecular flexibility index (Phi) is 7.63. The molecule has 53 heavy (non-hydrogen) atoms. The Hall–Kier alpha value is -6.82. The van der Waals surface area contributed by atoms with Crippen LogP contribution in [-0.4, -0.2) is 19.9 Å². The van der Waals surface area contributed by atoms with E-state index in [2.05, 4.69) is 146 Å². The lowest BCUT2D eigenvalue weighted by Crippen LogP contribution is -2.00. The zero-order chi connectivity index (χ0) is 35.1. The Bertz CT molecular complexity index is 2940. The fourth-order valence-electron chi connectivity index (χ4n) is 7.11. The minimum absolute atomic E-state index is 0.631. The monoisotopic (exact) mass is 694 g/mol. The van der Waals surface area contributed by atoms with Crippen LogP contribution in [-0.2, 0) is 0 Å². The molecule has 0 spiro atoms. The summed E-state index contributed by atoms with van der Waals surface area (Å²) in [6.45, 7) is 0. The first kappa shape index (κ1) is 31.0. The van der Waals surface area contributed by atoms with Crippen molar-refractivity contribution in [3.05, 3.63) is 182 Å². The van der Waals surface area contributed by atoms with E-state index in [1.165, 1.54) is 25.9 Å². The number of benzene rings is 7. The van der Waals surface area contributed by atoms with Gasteiger partial charge in [0.15, 0.2) is 17.5 Å². The number of hydrogen-bond donors (Lipinski definition) is 0. The number of hydrogen-bond acceptors (Lipinski definition) is 5. The van der Waals surface area contributed by atoms with Gasteiger partial charge in [-0.2, -0.15) is 0 Å². The van der Waals surface area contributed by atoms with E-state index in [0.29, 0.717) is 17.5 Å². The summed E-state index contributed by atoms with van der Waals surface area (Å²) in [7, 11) is 0. The SMILES string of the molecule is c1ccc(-c2ccc(-c3nc(-c4ccccc4)nc(-c4cccc(-c5cccc(-c6c7ccccc7nc7c6sc6ccccc67)c5)c4)n3)cc2)cc1. The van der Waals surface area contributed by atoms with Gasteiger partial charge in [-0.05, 0) is 52.1 Å². The molecule has 3 heterocycles. The van der Waals surface area contributed by atoms with E-state index < -0.39 is 0 Å². The van der Waals surface area contributed by atoms with E-state index in [9.17, 15) is 0 Å². The molecule has 0 saturated carbocycles. The molecule has 0 aliphatic carbocycles. The molecule has 0 saturated heterocycles. The zero-order valence-electron chi connectivity index (χ0n) is 28.5. The van der Waals surface area contributed by atoms with Crippen LogP contribution in [0.3, 0.4) is 0 Å². The van der Waals surface area contributed by atoms with Crippen molar-refractivity contribution in [1.82, 2.24) is 19.9 Å². The average Bonchev–Trinajstić information content (AvgIpc) is 3.61. The van der Waals surface area contributed by atoms with Crippen molar-refractivity contribution in [2.24, 2.45) is 0 Å². The maximum absolute atomic E-state index is 5.15. The van der Waals surface area contributed by atoms with Gasteiger partial charge in [0.2, 0.25) is 0 Å². The van der Waals surface area contributed by atoms with Gasteiger partial charge in [0, 0.05) is 37.7 Å². The molecule has 4 nitrogen and oxygen atoms in total. The minimum atomic E-state index is 0.631. The van der Waals surface area contributed by atoms with Crippen molar-refractivity contribution in [2.75, 3.05) is 0 Å². The quantitative estimate of drug-likeness (QED) is 0.174. The lowest BCUT2D eigenvalue weighted by atomic mass is 9.95. The normalized spacial score (nSPS) is 11.4. The Morgan fingerprint density at radius 2 is 0.792 bits per heavy atom. The number of nitrogens with zero attached hydrogens (tertiary/aromatic N) is 4. The second-order valence-corrected chi connectivity index (χ2v) is 14.1. The molecular weight excluding hydrogens is 665 g/mol. The fourth-order valence-corrected chi connectivity index (χ4v) is 8.33. The van der Waals surface area contributed by atoms with Crippen LogP contribution in [0.4, 0.5) is 0 Å². The second-order valence-electron chi connectivity index (χ2n) is 13.1. The molecule has 10 rings (SSSR count). The number of thiophene rings is 1. The van der Waals surface area contributed by atoms with Gasteiger partial charge in [-0.25, -0.2) is 19.9 Å². The van der Waals surface area contributed by atoms with Crippen molar-refractivity contribution < 1.29 is 0 Å². The maximum atomic E-state index is 5.15. The predicted octanol–water partition coefficient (Wildman–Crippen LogP) is 12.8. The van der Waals surface area contributed by atoms with E-state index >= 15 is 0 Å². The van der Waals surface area contributed by atoms with Gasteiger partial charge >= 0.3 is 0 Å². The highest BCUT2D eigenvalue weighted by atomic mass is 32.1. The van der Waals surface area contributed by atoms with Gasteiger partial charge in [-0.1, -0.05) is 158 Å². The molecule has 10 aromatic rings. The molecule has 0 unspecified atom stereocenters. The first-order valence-corrected chi connectivity index (χ1v) is 18.5. The molecule has 0 aliphatic heterocycles. The van der Waals surface area contributed by atoms with Gasteiger partial charge in [-0.15, -0.1) is 11.3 Å². The summed E-state index contributed by atoms with van der Waals surface area (Å²) < 4.78 is 2.45. The van der Waals surface area contributed by atoms with Crippen LogP contribution in [0, 0.1) is 0 Å². The van der Waals surface area contributed by atoms with Crippen LogP contribution in [0.2, 0.25) is 0 Å². The van der Waals surface area contributed by atoms with Gasteiger partial charge in [0.25, 0.3) is 0 Å². The highest BCUT2D eigenvalue weighted by Crippen LogP contribution is 2.43. The minimum Gasteiger partial charge on any atom is -0.246 e. The first-order valence-electron chi connectivity index (χ1n) is 17.6. The summed E-state index contributed by atoms with van der Waals surface area (Å²) in [6.07, 6.45) is 0. The van der Waals surface area contributed by atoms with Crippen molar-refractivity contribution in [2.45, 2.75) is 0 Å². The fraction of sp³-hybridized carbons (Fsp3) is 0. The number of fused-ring (bicyclic) bond motifs is 4. The number of para-hydroxylation sites is 1. The Balaban J connectivity index is 1.08. The molecule has 0 aliphatic rings. The van der Waals surface area contributed by atoms with Gasteiger partial charge in [-0.3, -0.25) is 0 Å². The number of aromatic nitrogens is 4. The van der Waals surface area contributed by atoms with Gasteiger partial charge in [0.05, 0.1) is 15.7 Å². The molecule has 0 bridgehead atoms. The average molecular weight is 695 g/mol. The van der Waals surface area contributed by atoms with Crippen molar-refractivity contribution in [1.29, 1.82) is 0 Å². The van der Waals surface area contributed by atoms with E-state index in [0.717, 1.165) is 55.4 Å². The van der Waals surface area contributed by atoms with E-state index in [-0.39, 0.29) is 0 Å². The summed E-state index contributed by atoms with van der Waals surface area (Å²) >= 11 is 1.81. The third-order valence-electron chi connectivity index (χ3n) is 9.72. The van der Waals surface area contributed by atoms with Gasteiger partial charge in [0.1, 0.15) is 0 Å². The van der Waals surface area contributed by atoms with Crippen molar-refractivity contribution >= 4 is 42.5 Å². The number of pyridine rings is 1. The third kappa shape index (κ3) is 5.74. The molecule has 3 aromatic heterocycles. The van der Waals surface area contributed by atoms with Crippen LogP contribution in [0.15, 0.2) is 182 Å². The maximum Gasteiger partial charge on any atom is 0.164 e. The molecule has 248 valence electrons. The third-order valence-corrected chi connectivity index (χ3v) is 10.9.